The summed E-state index contributed by atoms with van der Waals surface area (Å²) in [5.41, 5.74) is 8.99. The summed E-state index contributed by atoms with van der Waals surface area (Å²) in [7, 11) is 0. The summed E-state index contributed by atoms with van der Waals surface area (Å²) in [6.45, 7) is 0. The molecule has 3 heterocycles. The Morgan fingerprint density at radius 3 is 2.04 bits per heavy atom. The van der Waals surface area contributed by atoms with Crippen LogP contribution in [0.4, 0.5) is 0 Å². The van der Waals surface area contributed by atoms with Gasteiger partial charge in [-0.1, -0.05) is 127 Å². The lowest BCUT2D eigenvalue weighted by molar-refractivity contribution is 0.673. The molecule has 8 aromatic carbocycles. The van der Waals surface area contributed by atoms with E-state index >= 15 is 0 Å². The Hall–Kier alpha value is -6.78. The Morgan fingerprint density at radius 1 is 0.440 bits per heavy atom. The zero-order valence-corrected chi connectivity index (χ0v) is 26.8. The SMILES string of the molecule is c1ccc(-c2cc3oc4c(ccc5c4c4ccccc4n5-c4nc(-c5ccc6ccccc6c5)c5ccccc5n4)c3c3ccccc23)cc1. The summed E-state index contributed by atoms with van der Waals surface area (Å²) in [5, 5.41) is 10.2. The van der Waals surface area contributed by atoms with Crippen LogP contribution >= 0.6 is 0 Å². The number of benzene rings is 8. The van der Waals surface area contributed by atoms with Crippen LogP contribution in [-0.2, 0) is 0 Å². The van der Waals surface area contributed by atoms with Crippen LogP contribution in [0.15, 0.2) is 168 Å². The van der Waals surface area contributed by atoms with Gasteiger partial charge in [0, 0.05) is 27.1 Å². The highest BCUT2D eigenvalue weighted by molar-refractivity contribution is 6.29. The van der Waals surface area contributed by atoms with Crippen LogP contribution in [0.5, 0.6) is 0 Å². The van der Waals surface area contributed by atoms with Gasteiger partial charge in [0.15, 0.2) is 0 Å². The third-order valence-electron chi connectivity index (χ3n) is 10.2. The average Bonchev–Trinajstić information content (AvgIpc) is 3.73. The Balaban J connectivity index is 1.22. The molecule has 50 heavy (non-hydrogen) atoms. The Bertz CT molecular complexity index is 3150. The quantitative estimate of drug-likeness (QED) is 0.194. The number of fused-ring (bicyclic) bond motifs is 11. The van der Waals surface area contributed by atoms with Crippen molar-refractivity contribution in [3.63, 3.8) is 0 Å². The molecule has 0 aliphatic rings. The first-order valence-electron chi connectivity index (χ1n) is 16.9. The molecule has 0 atom stereocenters. The fourth-order valence-corrected chi connectivity index (χ4v) is 7.94. The first kappa shape index (κ1) is 27.2. The van der Waals surface area contributed by atoms with Crippen LogP contribution in [0.3, 0.4) is 0 Å². The van der Waals surface area contributed by atoms with E-state index < -0.39 is 0 Å². The van der Waals surface area contributed by atoms with E-state index in [4.69, 9.17) is 14.4 Å². The average molecular weight is 638 g/mol. The Kier molecular flexibility index (Phi) is 5.63. The van der Waals surface area contributed by atoms with Gasteiger partial charge in [-0.3, -0.25) is 4.57 Å². The predicted molar refractivity (Wildman–Crippen MR) is 207 cm³/mol. The molecule has 0 bridgehead atoms. The fourth-order valence-electron chi connectivity index (χ4n) is 7.94. The van der Waals surface area contributed by atoms with E-state index in [2.05, 4.69) is 162 Å². The highest BCUT2D eigenvalue weighted by Gasteiger charge is 2.22. The summed E-state index contributed by atoms with van der Waals surface area (Å²) < 4.78 is 9.14. The molecular weight excluding hydrogens is 611 g/mol. The maximum Gasteiger partial charge on any atom is 0.235 e. The number of hydrogen-bond acceptors (Lipinski definition) is 3. The van der Waals surface area contributed by atoms with Gasteiger partial charge in [0.25, 0.3) is 0 Å². The van der Waals surface area contributed by atoms with Crippen molar-refractivity contribution in [1.29, 1.82) is 0 Å². The molecule has 0 spiro atoms. The van der Waals surface area contributed by atoms with Crippen molar-refractivity contribution in [3.8, 4) is 28.3 Å². The van der Waals surface area contributed by atoms with Gasteiger partial charge >= 0.3 is 0 Å². The van der Waals surface area contributed by atoms with E-state index in [-0.39, 0.29) is 0 Å². The van der Waals surface area contributed by atoms with Crippen molar-refractivity contribution in [2.24, 2.45) is 0 Å². The van der Waals surface area contributed by atoms with Crippen molar-refractivity contribution in [2.45, 2.75) is 0 Å². The van der Waals surface area contributed by atoms with Gasteiger partial charge in [-0.25, -0.2) is 9.97 Å². The summed E-state index contributed by atoms with van der Waals surface area (Å²) in [6, 6.07) is 57.7. The maximum absolute atomic E-state index is 6.94. The number of nitrogens with zero attached hydrogens (tertiary/aromatic N) is 3. The smallest absolute Gasteiger partial charge is 0.235 e. The van der Waals surface area contributed by atoms with Crippen LogP contribution in [0, 0.1) is 0 Å². The highest BCUT2D eigenvalue weighted by atomic mass is 16.3. The molecule has 0 saturated carbocycles. The molecule has 0 saturated heterocycles. The van der Waals surface area contributed by atoms with Crippen LogP contribution in [0.25, 0.3) is 105 Å². The molecule has 3 aromatic heterocycles. The van der Waals surface area contributed by atoms with E-state index in [9.17, 15) is 0 Å². The molecule has 11 rings (SSSR count). The molecule has 4 heteroatoms. The summed E-state index contributed by atoms with van der Waals surface area (Å²) in [4.78, 5) is 10.5. The second-order valence-corrected chi connectivity index (χ2v) is 13.0. The van der Waals surface area contributed by atoms with Crippen LogP contribution in [0.2, 0.25) is 0 Å². The standard InChI is InChI=1S/C46H27N3O/c1-2-13-29(14-3-1)37-27-41-42(33-17-7-6-16-32(33)37)36-24-25-40-43(45(36)50-41)35-19-9-11-21-39(35)49(40)46-47-38-20-10-8-18-34(38)44(48-46)31-23-22-28-12-4-5-15-30(28)26-31/h1-27H. The minimum absolute atomic E-state index is 0.630. The van der Waals surface area contributed by atoms with Gasteiger partial charge in [0.1, 0.15) is 11.2 Å². The summed E-state index contributed by atoms with van der Waals surface area (Å²) in [6.07, 6.45) is 0. The molecule has 11 aromatic rings. The van der Waals surface area contributed by atoms with Crippen molar-refractivity contribution in [1.82, 2.24) is 14.5 Å². The minimum Gasteiger partial charge on any atom is -0.455 e. The lowest BCUT2D eigenvalue weighted by Crippen LogP contribution is -2.03. The third kappa shape index (κ3) is 3.87. The Morgan fingerprint density at radius 2 is 1.16 bits per heavy atom. The van der Waals surface area contributed by atoms with Gasteiger partial charge in [-0.15, -0.1) is 0 Å². The number of rotatable bonds is 3. The van der Waals surface area contributed by atoms with Crippen molar-refractivity contribution in [2.75, 3.05) is 0 Å². The van der Waals surface area contributed by atoms with Crippen LogP contribution < -0.4 is 0 Å². The molecule has 0 unspecified atom stereocenters. The van der Waals surface area contributed by atoms with Gasteiger partial charge in [-0.2, -0.15) is 0 Å². The topological polar surface area (TPSA) is 43.9 Å². The lowest BCUT2D eigenvalue weighted by atomic mass is 9.95. The molecule has 0 radical (unpaired) electrons. The zero-order valence-electron chi connectivity index (χ0n) is 26.8. The lowest BCUT2D eigenvalue weighted by Gasteiger charge is -2.12. The Labute approximate surface area is 286 Å². The summed E-state index contributed by atoms with van der Waals surface area (Å²) >= 11 is 0. The second kappa shape index (κ2) is 10.4. The molecule has 0 N–H and O–H groups in total. The second-order valence-electron chi connectivity index (χ2n) is 13.0. The summed E-state index contributed by atoms with van der Waals surface area (Å²) in [5.74, 6) is 0.630. The third-order valence-corrected chi connectivity index (χ3v) is 10.2. The monoisotopic (exact) mass is 637 g/mol. The van der Waals surface area contributed by atoms with E-state index in [1.807, 2.05) is 6.07 Å². The molecule has 0 aliphatic heterocycles. The largest absolute Gasteiger partial charge is 0.455 e. The normalized spacial score (nSPS) is 12.0. The maximum atomic E-state index is 6.94. The van der Waals surface area contributed by atoms with E-state index in [1.54, 1.807) is 0 Å². The fraction of sp³-hybridized carbons (Fsp3) is 0. The first-order chi connectivity index (χ1) is 24.8. The predicted octanol–water partition coefficient (Wildman–Crippen LogP) is 12.3. The number of aromatic nitrogens is 3. The van der Waals surface area contributed by atoms with Gasteiger partial charge < -0.3 is 4.42 Å². The van der Waals surface area contributed by atoms with E-state index in [0.29, 0.717) is 5.95 Å². The number of hydrogen-bond donors (Lipinski definition) is 0. The zero-order chi connectivity index (χ0) is 32.8. The number of para-hydroxylation sites is 2. The van der Waals surface area contributed by atoms with Crippen molar-refractivity contribution < 1.29 is 4.42 Å². The first-order valence-corrected chi connectivity index (χ1v) is 16.9. The number of furan rings is 1. The van der Waals surface area contributed by atoms with Crippen LogP contribution in [-0.4, -0.2) is 14.5 Å². The van der Waals surface area contributed by atoms with Crippen molar-refractivity contribution in [3.05, 3.63) is 164 Å². The molecule has 0 aliphatic carbocycles. The van der Waals surface area contributed by atoms with Gasteiger partial charge in [-0.05, 0) is 69.1 Å². The molecule has 232 valence electrons. The minimum atomic E-state index is 0.630. The molecule has 0 amide bonds. The van der Waals surface area contributed by atoms with Crippen LogP contribution in [0.1, 0.15) is 0 Å². The molecular formula is C46H27N3O. The van der Waals surface area contributed by atoms with E-state index in [0.717, 1.165) is 71.5 Å². The highest BCUT2D eigenvalue weighted by Crippen LogP contribution is 2.44. The molecule has 4 nitrogen and oxygen atoms in total. The van der Waals surface area contributed by atoms with Crippen molar-refractivity contribution >= 4 is 76.2 Å². The molecule has 0 fully saturated rings. The van der Waals surface area contributed by atoms with Gasteiger partial charge in [0.05, 0.1) is 27.6 Å². The van der Waals surface area contributed by atoms with Gasteiger partial charge in [0.2, 0.25) is 5.95 Å². The van der Waals surface area contributed by atoms with E-state index in [1.165, 1.54) is 27.1 Å².